The molecule has 0 saturated heterocycles. The summed E-state index contributed by atoms with van der Waals surface area (Å²) in [7, 11) is 0. The zero-order chi connectivity index (χ0) is 10.8. The second kappa shape index (κ2) is 4.24. The summed E-state index contributed by atoms with van der Waals surface area (Å²) >= 11 is 5.69. The van der Waals surface area contributed by atoms with Crippen molar-refractivity contribution >= 4 is 11.6 Å². The van der Waals surface area contributed by atoms with E-state index in [-0.39, 0.29) is 10.6 Å². The van der Waals surface area contributed by atoms with Crippen LogP contribution in [0.2, 0.25) is 5.02 Å². The average molecular weight is 221 g/mol. The largest absolute Gasteiger partial charge is 0.396 e. The van der Waals surface area contributed by atoms with Gasteiger partial charge in [0, 0.05) is 18.6 Å². The number of aryl methyl sites for hydroxylation is 1. The highest BCUT2D eigenvalue weighted by Crippen LogP contribution is 2.37. The maximum absolute atomic E-state index is 13.4. The molecular weight excluding hydrogens is 210 g/mol. The van der Waals surface area contributed by atoms with Crippen LogP contribution in [0.4, 0.5) is 8.78 Å². The van der Waals surface area contributed by atoms with E-state index in [9.17, 15) is 8.78 Å². The minimum Gasteiger partial charge on any atom is -0.396 e. The van der Waals surface area contributed by atoms with Gasteiger partial charge in [0.25, 0.3) is 5.92 Å². The van der Waals surface area contributed by atoms with E-state index >= 15 is 0 Å². The molecule has 0 aliphatic carbocycles. The van der Waals surface area contributed by atoms with Crippen LogP contribution in [0.1, 0.15) is 17.5 Å². The van der Waals surface area contributed by atoms with Crippen molar-refractivity contribution in [3.05, 3.63) is 34.3 Å². The summed E-state index contributed by atoms with van der Waals surface area (Å²) in [6.07, 6.45) is -0.600. The first kappa shape index (κ1) is 11.4. The van der Waals surface area contributed by atoms with Gasteiger partial charge < -0.3 is 5.11 Å². The predicted molar refractivity (Wildman–Crippen MR) is 51.8 cm³/mol. The van der Waals surface area contributed by atoms with Crippen LogP contribution in [-0.4, -0.2) is 11.7 Å². The highest BCUT2D eigenvalue weighted by atomic mass is 35.5. The van der Waals surface area contributed by atoms with Gasteiger partial charge in [-0.05, 0) is 18.6 Å². The summed E-state index contributed by atoms with van der Waals surface area (Å²) in [5.74, 6) is -3.06. The normalized spacial score (nSPS) is 11.8. The average Bonchev–Trinajstić information content (AvgIpc) is 2.02. The van der Waals surface area contributed by atoms with Crippen molar-refractivity contribution in [2.45, 2.75) is 19.3 Å². The Balaban J connectivity index is 3.17. The molecular formula is C10H11ClF2O. The summed E-state index contributed by atoms with van der Waals surface area (Å²) in [6, 6.07) is 4.62. The van der Waals surface area contributed by atoms with Gasteiger partial charge in [-0.1, -0.05) is 23.7 Å². The molecule has 78 valence electrons. The number of hydrogen-bond acceptors (Lipinski definition) is 1. The SMILES string of the molecule is Cc1cccc(Cl)c1C(F)(F)CCO. The lowest BCUT2D eigenvalue weighted by molar-refractivity contribution is -0.0273. The van der Waals surface area contributed by atoms with Gasteiger partial charge in [0.15, 0.2) is 0 Å². The Morgan fingerprint density at radius 3 is 2.57 bits per heavy atom. The third kappa shape index (κ3) is 2.22. The van der Waals surface area contributed by atoms with Crippen molar-refractivity contribution in [3.63, 3.8) is 0 Å². The molecule has 0 aromatic heterocycles. The maximum atomic E-state index is 13.4. The fourth-order valence-corrected chi connectivity index (χ4v) is 1.72. The van der Waals surface area contributed by atoms with E-state index in [1.165, 1.54) is 6.07 Å². The van der Waals surface area contributed by atoms with Crippen LogP contribution in [0.5, 0.6) is 0 Å². The highest BCUT2D eigenvalue weighted by Gasteiger charge is 2.34. The van der Waals surface area contributed by atoms with Crippen molar-refractivity contribution in [3.8, 4) is 0 Å². The van der Waals surface area contributed by atoms with Crippen molar-refractivity contribution < 1.29 is 13.9 Å². The molecule has 0 atom stereocenters. The number of benzene rings is 1. The third-order valence-corrected chi connectivity index (χ3v) is 2.33. The standard InChI is InChI=1S/C10H11ClF2O/c1-7-3-2-4-8(11)9(7)10(12,13)5-6-14/h2-4,14H,5-6H2,1H3. The first-order valence-corrected chi connectivity index (χ1v) is 4.61. The summed E-state index contributed by atoms with van der Waals surface area (Å²) in [5.41, 5.74) is 0.256. The topological polar surface area (TPSA) is 20.2 Å². The monoisotopic (exact) mass is 220 g/mol. The number of aliphatic hydroxyl groups excluding tert-OH is 1. The Morgan fingerprint density at radius 1 is 1.43 bits per heavy atom. The molecule has 1 rings (SSSR count). The molecule has 0 amide bonds. The number of alkyl halides is 2. The smallest absolute Gasteiger partial charge is 0.277 e. The molecule has 4 heteroatoms. The Hall–Kier alpha value is -0.670. The second-order valence-electron chi connectivity index (χ2n) is 3.11. The van der Waals surface area contributed by atoms with Gasteiger partial charge in [0.05, 0.1) is 5.02 Å². The van der Waals surface area contributed by atoms with E-state index in [4.69, 9.17) is 16.7 Å². The van der Waals surface area contributed by atoms with Gasteiger partial charge in [0.2, 0.25) is 0 Å². The molecule has 0 unspecified atom stereocenters. The summed E-state index contributed by atoms with van der Waals surface area (Å²) in [4.78, 5) is 0. The van der Waals surface area contributed by atoms with Crippen LogP contribution in [0, 0.1) is 6.92 Å². The fourth-order valence-electron chi connectivity index (χ4n) is 1.36. The van der Waals surface area contributed by atoms with Gasteiger partial charge in [0.1, 0.15) is 0 Å². The van der Waals surface area contributed by atoms with Gasteiger partial charge in [-0.15, -0.1) is 0 Å². The molecule has 1 aromatic carbocycles. The van der Waals surface area contributed by atoms with Gasteiger partial charge >= 0.3 is 0 Å². The van der Waals surface area contributed by atoms with Crippen LogP contribution in [0.3, 0.4) is 0 Å². The molecule has 0 bridgehead atoms. The number of halogens is 3. The molecule has 0 saturated carbocycles. The first-order valence-electron chi connectivity index (χ1n) is 4.23. The van der Waals surface area contributed by atoms with E-state index in [0.717, 1.165) is 0 Å². The molecule has 1 aromatic rings. The van der Waals surface area contributed by atoms with Crippen molar-refractivity contribution in [2.24, 2.45) is 0 Å². The Morgan fingerprint density at radius 2 is 2.07 bits per heavy atom. The van der Waals surface area contributed by atoms with Crippen LogP contribution >= 0.6 is 11.6 Å². The molecule has 0 heterocycles. The van der Waals surface area contributed by atoms with Crippen LogP contribution < -0.4 is 0 Å². The molecule has 0 aliphatic heterocycles. The third-order valence-electron chi connectivity index (χ3n) is 2.01. The molecule has 0 aliphatic rings. The lowest BCUT2D eigenvalue weighted by atomic mass is 10.0. The Labute approximate surface area is 86.3 Å². The van der Waals surface area contributed by atoms with E-state index in [1.807, 2.05) is 0 Å². The summed E-state index contributed by atoms with van der Waals surface area (Å²) < 4.78 is 26.9. The minimum atomic E-state index is -3.06. The quantitative estimate of drug-likeness (QED) is 0.830. The number of hydrogen-bond donors (Lipinski definition) is 1. The second-order valence-corrected chi connectivity index (χ2v) is 3.52. The van der Waals surface area contributed by atoms with Gasteiger partial charge in [-0.2, -0.15) is 0 Å². The Bertz CT molecular complexity index is 306. The van der Waals surface area contributed by atoms with E-state index in [0.29, 0.717) is 5.56 Å². The van der Waals surface area contributed by atoms with Gasteiger partial charge in [-0.25, -0.2) is 8.78 Å². The fraction of sp³-hybridized carbons (Fsp3) is 0.400. The molecule has 0 fully saturated rings. The van der Waals surface area contributed by atoms with Crippen LogP contribution in [-0.2, 0) is 5.92 Å². The van der Waals surface area contributed by atoms with Crippen molar-refractivity contribution in [1.29, 1.82) is 0 Å². The van der Waals surface area contributed by atoms with E-state index in [1.54, 1.807) is 19.1 Å². The van der Waals surface area contributed by atoms with E-state index < -0.39 is 19.0 Å². The predicted octanol–water partition coefficient (Wildman–Crippen LogP) is 3.12. The first-order chi connectivity index (χ1) is 6.49. The molecule has 0 spiro atoms. The lowest BCUT2D eigenvalue weighted by Gasteiger charge is -2.19. The molecule has 1 nitrogen and oxygen atoms in total. The zero-order valence-electron chi connectivity index (χ0n) is 7.73. The summed E-state index contributed by atoms with van der Waals surface area (Å²) in [6.45, 7) is 1.02. The van der Waals surface area contributed by atoms with Crippen LogP contribution in [0.25, 0.3) is 0 Å². The highest BCUT2D eigenvalue weighted by molar-refractivity contribution is 6.31. The van der Waals surface area contributed by atoms with Gasteiger partial charge in [-0.3, -0.25) is 0 Å². The molecule has 0 radical (unpaired) electrons. The zero-order valence-corrected chi connectivity index (χ0v) is 8.48. The minimum absolute atomic E-state index is 0.0449. The lowest BCUT2D eigenvalue weighted by Crippen LogP contribution is -2.17. The van der Waals surface area contributed by atoms with Crippen molar-refractivity contribution in [1.82, 2.24) is 0 Å². The van der Waals surface area contributed by atoms with Crippen LogP contribution in [0.15, 0.2) is 18.2 Å². The van der Waals surface area contributed by atoms with Crippen molar-refractivity contribution in [2.75, 3.05) is 6.61 Å². The maximum Gasteiger partial charge on any atom is 0.277 e. The molecule has 14 heavy (non-hydrogen) atoms. The molecule has 1 N–H and O–H groups in total. The number of rotatable bonds is 3. The van der Waals surface area contributed by atoms with E-state index in [2.05, 4.69) is 0 Å². The number of aliphatic hydroxyl groups is 1. The Kier molecular flexibility index (Phi) is 3.45. The summed E-state index contributed by atoms with van der Waals surface area (Å²) in [5, 5.41) is 8.57.